The van der Waals surface area contributed by atoms with Gasteiger partial charge in [0.1, 0.15) is 0 Å². The standard InChI is InChI=1S/C23H23N5OS/c1-15-25-22(29)21(30-15)13-18-8-9-24-23(27-18)28-10-4-5-16(14-28)11-19-12-17-6-2-3-7-20(17)26-19/h2-3,6-9,13,16H,1,4-5,10-12,14H2,(H,25,29)/b21-13-. The fraction of sp³-hybridized carbons (Fsp3) is 0.304. The number of nitrogens with one attached hydrogen (secondary N) is 1. The molecule has 0 radical (unpaired) electrons. The van der Waals surface area contributed by atoms with Gasteiger partial charge in [-0.3, -0.25) is 9.79 Å². The van der Waals surface area contributed by atoms with Crippen LogP contribution < -0.4 is 19.7 Å². The van der Waals surface area contributed by atoms with Crippen LogP contribution in [0.25, 0.3) is 12.7 Å². The Hall–Kier alpha value is -3.06. The Morgan fingerprint density at radius 2 is 2.20 bits per heavy atom. The number of aliphatic imine (C=N–C) groups is 1. The fourth-order valence-electron chi connectivity index (χ4n) is 4.28. The van der Waals surface area contributed by atoms with Crippen molar-refractivity contribution in [1.29, 1.82) is 0 Å². The number of fused-ring (bicyclic) bond motifs is 1. The molecule has 2 aromatic heterocycles. The van der Waals surface area contributed by atoms with Gasteiger partial charge in [-0.2, -0.15) is 0 Å². The molecule has 5 rings (SSSR count). The SMILES string of the molecule is C=c1[nH]c(=O)/c(=C/c2ccnc(N3CCCC(CC4=Nc5ccccc5C4)C3)n2)s1. The van der Waals surface area contributed by atoms with Gasteiger partial charge in [-0.15, -0.1) is 11.3 Å². The van der Waals surface area contributed by atoms with Crippen LogP contribution >= 0.6 is 11.3 Å². The van der Waals surface area contributed by atoms with E-state index in [9.17, 15) is 4.79 Å². The number of aromatic amines is 1. The van der Waals surface area contributed by atoms with Crippen molar-refractivity contribution in [2.24, 2.45) is 10.9 Å². The number of piperidine rings is 1. The lowest BCUT2D eigenvalue weighted by molar-refractivity contribution is 0.421. The Labute approximate surface area is 178 Å². The van der Waals surface area contributed by atoms with E-state index in [-0.39, 0.29) is 5.56 Å². The molecule has 30 heavy (non-hydrogen) atoms. The van der Waals surface area contributed by atoms with Gasteiger partial charge < -0.3 is 9.88 Å². The third kappa shape index (κ3) is 3.98. The molecule has 0 amide bonds. The zero-order valence-corrected chi connectivity index (χ0v) is 17.5. The minimum Gasteiger partial charge on any atom is -0.341 e. The number of para-hydroxylation sites is 1. The molecule has 152 valence electrons. The number of H-pyrrole nitrogens is 1. The summed E-state index contributed by atoms with van der Waals surface area (Å²) < 4.78 is 1.26. The van der Waals surface area contributed by atoms with E-state index >= 15 is 0 Å². The molecule has 0 bridgehead atoms. The predicted molar refractivity (Wildman–Crippen MR) is 122 cm³/mol. The highest BCUT2D eigenvalue weighted by Crippen LogP contribution is 2.30. The average molecular weight is 418 g/mol. The number of anilines is 1. The van der Waals surface area contributed by atoms with E-state index in [0.29, 0.717) is 15.1 Å². The van der Waals surface area contributed by atoms with Crippen LogP contribution in [0.15, 0.2) is 46.3 Å². The molecule has 6 nitrogen and oxygen atoms in total. The van der Waals surface area contributed by atoms with Crippen molar-refractivity contribution in [2.45, 2.75) is 25.7 Å². The first-order chi connectivity index (χ1) is 14.6. The van der Waals surface area contributed by atoms with Crippen molar-refractivity contribution in [3.8, 4) is 0 Å². The van der Waals surface area contributed by atoms with E-state index in [1.807, 2.05) is 6.07 Å². The first-order valence-electron chi connectivity index (χ1n) is 10.3. The third-order valence-electron chi connectivity index (χ3n) is 5.64. The summed E-state index contributed by atoms with van der Waals surface area (Å²) in [5.41, 5.74) is 4.36. The van der Waals surface area contributed by atoms with Crippen molar-refractivity contribution in [1.82, 2.24) is 15.0 Å². The number of rotatable bonds is 4. The van der Waals surface area contributed by atoms with Crippen molar-refractivity contribution in [3.63, 3.8) is 0 Å². The molecule has 0 spiro atoms. The lowest BCUT2D eigenvalue weighted by Gasteiger charge is -2.32. The Bertz CT molecular complexity index is 1270. The molecule has 2 aliphatic heterocycles. The summed E-state index contributed by atoms with van der Waals surface area (Å²) in [6.45, 7) is 5.68. The maximum atomic E-state index is 11.9. The molecular weight excluding hydrogens is 394 g/mol. The zero-order valence-electron chi connectivity index (χ0n) is 16.7. The number of nitrogens with zero attached hydrogens (tertiary/aromatic N) is 4. The van der Waals surface area contributed by atoms with Crippen LogP contribution in [0.5, 0.6) is 0 Å². The smallest absolute Gasteiger partial charge is 0.266 e. The van der Waals surface area contributed by atoms with Gasteiger partial charge in [0.15, 0.2) is 0 Å². The highest BCUT2D eigenvalue weighted by atomic mass is 32.1. The van der Waals surface area contributed by atoms with Crippen LogP contribution in [0.4, 0.5) is 11.6 Å². The highest BCUT2D eigenvalue weighted by molar-refractivity contribution is 7.07. The van der Waals surface area contributed by atoms with Crippen LogP contribution in [-0.2, 0) is 6.42 Å². The molecule has 1 fully saturated rings. The second-order valence-electron chi connectivity index (χ2n) is 7.91. The van der Waals surface area contributed by atoms with E-state index in [4.69, 9.17) is 9.98 Å². The van der Waals surface area contributed by atoms with Crippen LogP contribution in [0.2, 0.25) is 0 Å². The van der Waals surface area contributed by atoms with Gasteiger partial charge in [0.05, 0.1) is 20.6 Å². The van der Waals surface area contributed by atoms with Gasteiger partial charge in [-0.25, -0.2) is 9.97 Å². The molecule has 0 aliphatic carbocycles. The summed E-state index contributed by atoms with van der Waals surface area (Å²) in [7, 11) is 0. The minimum atomic E-state index is -0.124. The Morgan fingerprint density at radius 1 is 1.30 bits per heavy atom. The molecule has 3 aromatic rings. The molecule has 0 saturated carbocycles. The zero-order chi connectivity index (χ0) is 20.5. The van der Waals surface area contributed by atoms with E-state index in [1.54, 1.807) is 12.3 Å². The van der Waals surface area contributed by atoms with Gasteiger partial charge >= 0.3 is 0 Å². The van der Waals surface area contributed by atoms with Crippen molar-refractivity contribution in [3.05, 3.63) is 67.3 Å². The lowest BCUT2D eigenvalue weighted by Crippen LogP contribution is -2.37. The summed E-state index contributed by atoms with van der Waals surface area (Å²) in [5, 5.41) is 0. The first-order valence-corrected chi connectivity index (χ1v) is 11.1. The summed E-state index contributed by atoms with van der Waals surface area (Å²) in [6, 6.07) is 10.2. The highest BCUT2D eigenvalue weighted by Gasteiger charge is 2.25. The summed E-state index contributed by atoms with van der Waals surface area (Å²) in [4.78, 5) is 31.0. The predicted octanol–water partition coefficient (Wildman–Crippen LogP) is 2.40. The molecule has 1 aromatic carbocycles. The molecule has 1 atom stereocenters. The molecule has 7 heteroatoms. The topological polar surface area (TPSA) is 74.2 Å². The quantitative estimate of drug-likeness (QED) is 0.707. The van der Waals surface area contributed by atoms with Crippen LogP contribution in [0.3, 0.4) is 0 Å². The van der Waals surface area contributed by atoms with Gasteiger partial charge in [0, 0.05) is 31.4 Å². The van der Waals surface area contributed by atoms with Gasteiger partial charge in [-0.1, -0.05) is 24.8 Å². The number of hydrogen-bond acceptors (Lipinski definition) is 6. The third-order valence-corrected chi connectivity index (χ3v) is 6.52. The monoisotopic (exact) mass is 417 g/mol. The van der Waals surface area contributed by atoms with E-state index < -0.39 is 0 Å². The Balaban J connectivity index is 1.31. The van der Waals surface area contributed by atoms with Crippen LogP contribution in [0.1, 0.15) is 30.5 Å². The number of thiazole rings is 1. The van der Waals surface area contributed by atoms with E-state index in [2.05, 4.69) is 45.7 Å². The maximum absolute atomic E-state index is 11.9. The molecule has 2 aliphatic rings. The minimum absolute atomic E-state index is 0.124. The molecule has 1 unspecified atom stereocenters. The van der Waals surface area contributed by atoms with Crippen LogP contribution in [0, 0.1) is 5.92 Å². The van der Waals surface area contributed by atoms with Crippen molar-refractivity contribution < 1.29 is 0 Å². The average Bonchev–Trinajstić information content (AvgIpc) is 3.29. The number of hydrogen-bond donors (Lipinski definition) is 1. The van der Waals surface area contributed by atoms with Crippen molar-refractivity contribution >= 4 is 41.3 Å². The first kappa shape index (κ1) is 18.9. The Morgan fingerprint density at radius 3 is 3.03 bits per heavy atom. The maximum Gasteiger partial charge on any atom is 0.266 e. The molecule has 1 saturated heterocycles. The Kier molecular flexibility index (Phi) is 5.04. The number of benzene rings is 1. The van der Waals surface area contributed by atoms with Crippen molar-refractivity contribution in [2.75, 3.05) is 18.0 Å². The molecular formula is C23H23N5OS. The second-order valence-corrected chi connectivity index (χ2v) is 9.05. The normalized spacial score (nSPS) is 19.1. The lowest BCUT2D eigenvalue weighted by atomic mass is 9.91. The fourth-order valence-corrected chi connectivity index (χ4v) is 5.01. The molecule has 4 heterocycles. The second kappa shape index (κ2) is 7.99. The molecule has 1 N–H and O–H groups in total. The number of aromatic nitrogens is 3. The van der Waals surface area contributed by atoms with Crippen LogP contribution in [-0.4, -0.2) is 33.8 Å². The summed E-state index contributed by atoms with van der Waals surface area (Å²) in [6.07, 6.45) is 7.88. The van der Waals surface area contributed by atoms with E-state index in [1.165, 1.54) is 29.0 Å². The largest absolute Gasteiger partial charge is 0.341 e. The van der Waals surface area contributed by atoms with Gasteiger partial charge in [-0.05, 0) is 49.0 Å². The van der Waals surface area contributed by atoms with Gasteiger partial charge in [0.25, 0.3) is 5.56 Å². The summed E-state index contributed by atoms with van der Waals surface area (Å²) >= 11 is 1.34. The van der Waals surface area contributed by atoms with E-state index in [0.717, 1.165) is 49.7 Å². The van der Waals surface area contributed by atoms with Gasteiger partial charge in [0.2, 0.25) is 5.95 Å². The summed E-state index contributed by atoms with van der Waals surface area (Å²) in [5.74, 6) is 1.28.